The highest BCUT2D eigenvalue weighted by molar-refractivity contribution is 6.39. The lowest BCUT2D eigenvalue weighted by molar-refractivity contribution is 0.0655. The Morgan fingerprint density at radius 2 is 1.48 bits per heavy atom. The molecule has 0 aliphatic carbocycles. The number of para-hydroxylation sites is 2. The van der Waals surface area contributed by atoms with Gasteiger partial charge in [-0.2, -0.15) is 0 Å². The van der Waals surface area contributed by atoms with Gasteiger partial charge in [0.2, 0.25) is 0 Å². The summed E-state index contributed by atoms with van der Waals surface area (Å²) in [5.41, 5.74) is 4.45. The number of benzene rings is 3. The van der Waals surface area contributed by atoms with Crippen LogP contribution in [0.1, 0.15) is 20.7 Å². The standard InChI is InChI=1S/C21H14N4O2/c1-24-13-9-5-3-7-11(13)15-17-16(20(26)25(22)21(17)27)14-10-6-2-4-8-12(10)23-18(14)19(15)24/h2-9,23H,22H2,1H3. The van der Waals surface area contributed by atoms with Crippen molar-refractivity contribution in [1.82, 2.24) is 14.6 Å². The third-order valence-corrected chi connectivity index (χ3v) is 5.67. The van der Waals surface area contributed by atoms with Gasteiger partial charge < -0.3 is 9.55 Å². The zero-order valence-corrected chi connectivity index (χ0v) is 14.4. The van der Waals surface area contributed by atoms with Gasteiger partial charge in [-0.25, -0.2) is 10.9 Å². The van der Waals surface area contributed by atoms with Crippen molar-refractivity contribution in [2.24, 2.45) is 12.9 Å². The monoisotopic (exact) mass is 354 g/mol. The van der Waals surface area contributed by atoms with Crippen LogP contribution in [0.4, 0.5) is 0 Å². The summed E-state index contributed by atoms with van der Waals surface area (Å²) in [6.07, 6.45) is 0. The fraction of sp³-hybridized carbons (Fsp3) is 0.0476. The number of fused-ring (bicyclic) bond motifs is 10. The number of imide groups is 1. The minimum absolute atomic E-state index is 0.388. The average Bonchev–Trinajstić information content (AvgIpc) is 3.28. The molecule has 6 nitrogen and oxygen atoms in total. The Kier molecular flexibility index (Phi) is 2.45. The van der Waals surface area contributed by atoms with E-state index in [1.807, 2.05) is 55.6 Å². The van der Waals surface area contributed by atoms with Gasteiger partial charge in [-0.15, -0.1) is 0 Å². The van der Waals surface area contributed by atoms with Crippen LogP contribution in [0.5, 0.6) is 0 Å². The number of nitrogens with one attached hydrogen (secondary N) is 1. The van der Waals surface area contributed by atoms with Gasteiger partial charge in [-0.1, -0.05) is 36.4 Å². The van der Waals surface area contributed by atoms with E-state index in [1.165, 1.54) is 0 Å². The molecule has 27 heavy (non-hydrogen) atoms. The zero-order valence-electron chi connectivity index (χ0n) is 14.4. The number of nitrogens with two attached hydrogens (primary N) is 1. The molecule has 0 radical (unpaired) electrons. The summed E-state index contributed by atoms with van der Waals surface area (Å²) >= 11 is 0. The first-order valence-electron chi connectivity index (χ1n) is 8.66. The van der Waals surface area contributed by atoms with Crippen LogP contribution in [-0.2, 0) is 7.05 Å². The van der Waals surface area contributed by atoms with Crippen LogP contribution in [0, 0.1) is 0 Å². The van der Waals surface area contributed by atoms with Crippen molar-refractivity contribution >= 4 is 55.4 Å². The maximum Gasteiger partial charge on any atom is 0.276 e. The molecule has 6 rings (SSSR count). The summed E-state index contributed by atoms with van der Waals surface area (Å²) in [7, 11) is 1.98. The van der Waals surface area contributed by atoms with E-state index in [0.29, 0.717) is 11.1 Å². The van der Waals surface area contributed by atoms with E-state index in [-0.39, 0.29) is 0 Å². The average molecular weight is 354 g/mol. The summed E-state index contributed by atoms with van der Waals surface area (Å²) in [5, 5.41) is 4.10. The third kappa shape index (κ3) is 1.51. The molecule has 3 heterocycles. The van der Waals surface area contributed by atoms with Crippen LogP contribution < -0.4 is 5.84 Å². The van der Waals surface area contributed by atoms with E-state index in [0.717, 1.165) is 48.6 Å². The number of aryl methyl sites for hydroxylation is 1. The Balaban J connectivity index is 2.05. The third-order valence-electron chi connectivity index (χ3n) is 5.67. The lowest BCUT2D eigenvalue weighted by Gasteiger charge is -2.04. The topological polar surface area (TPSA) is 84.1 Å². The molecule has 5 aromatic rings. The number of aromatic amines is 1. The number of H-pyrrole nitrogens is 1. The second kappa shape index (κ2) is 4.55. The Morgan fingerprint density at radius 1 is 0.852 bits per heavy atom. The molecule has 0 fully saturated rings. The Bertz CT molecular complexity index is 1490. The smallest absolute Gasteiger partial charge is 0.276 e. The van der Waals surface area contributed by atoms with Crippen molar-refractivity contribution in [1.29, 1.82) is 0 Å². The molecule has 3 aromatic carbocycles. The van der Waals surface area contributed by atoms with Crippen LogP contribution in [-0.4, -0.2) is 26.4 Å². The van der Waals surface area contributed by atoms with E-state index in [1.54, 1.807) is 0 Å². The van der Waals surface area contributed by atoms with Gasteiger partial charge >= 0.3 is 0 Å². The number of hydrogen-bond donors (Lipinski definition) is 2. The van der Waals surface area contributed by atoms with Crippen LogP contribution in [0.25, 0.3) is 43.6 Å². The predicted octanol–water partition coefficient (Wildman–Crippen LogP) is 3.44. The Labute approximate surface area is 152 Å². The fourth-order valence-electron chi connectivity index (χ4n) is 4.53. The van der Waals surface area contributed by atoms with Crippen LogP contribution in [0.2, 0.25) is 0 Å². The Morgan fingerprint density at radius 3 is 2.26 bits per heavy atom. The molecular formula is C21H14N4O2. The summed E-state index contributed by atoms with van der Waals surface area (Å²) < 4.78 is 2.07. The van der Waals surface area contributed by atoms with E-state index in [4.69, 9.17) is 5.84 Å². The molecule has 0 unspecified atom stereocenters. The van der Waals surface area contributed by atoms with Gasteiger partial charge in [0, 0.05) is 39.6 Å². The minimum Gasteiger partial charge on any atom is -0.353 e. The lowest BCUT2D eigenvalue weighted by Crippen LogP contribution is -2.36. The number of hydrogen-bond acceptors (Lipinski definition) is 3. The van der Waals surface area contributed by atoms with E-state index in [9.17, 15) is 9.59 Å². The number of nitrogens with zero attached hydrogens (tertiary/aromatic N) is 2. The highest BCUT2D eigenvalue weighted by Crippen LogP contribution is 2.43. The van der Waals surface area contributed by atoms with E-state index in [2.05, 4.69) is 9.55 Å². The molecule has 3 N–H and O–H groups in total. The van der Waals surface area contributed by atoms with E-state index < -0.39 is 11.8 Å². The van der Waals surface area contributed by atoms with Gasteiger partial charge in [0.05, 0.1) is 22.2 Å². The van der Waals surface area contributed by atoms with Crippen LogP contribution in [0.3, 0.4) is 0 Å². The maximum atomic E-state index is 12.9. The molecule has 0 atom stereocenters. The van der Waals surface area contributed by atoms with Gasteiger partial charge in [0.25, 0.3) is 11.8 Å². The van der Waals surface area contributed by atoms with Crippen molar-refractivity contribution in [3.63, 3.8) is 0 Å². The highest BCUT2D eigenvalue weighted by atomic mass is 16.2. The lowest BCUT2D eigenvalue weighted by atomic mass is 9.97. The SMILES string of the molecule is Cn1c2ccccc2c2c3c(c4c5ccccc5[nH]c4c21)C(=O)N(N)C3=O. The molecular weight excluding hydrogens is 340 g/mol. The molecule has 2 aromatic heterocycles. The van der Waals surface area contributed by atoms with Gasteiger partial charge in [-0.3, -0.25) is 9.59 Å². The molecule has 0 saturated carbocycles. The van der Waals surface area contributed by atoms with Crippen molar-refractivity contribution in [3.05, 3.63) is 59.7 Å². The minimum atomic E-state index is -0.459. The fourth-order valence-corrected chi connectivity index (χ4v) is 4.53. The summed E-state index contributed by atoms with van der Waals surface area (Å²) in [5.74, 6) is 4.92. The molecule has 2 amide bonds. The Hall–Kier alpha value is -3.64. The molecule has 130 valence electrons. The number of rotatable bonds is 0. The molecule has 6 heteroatoms. The second-order valence-corrected chi connectivity index (χ2v) is 6.95. The second-order valence-electron chi connectivity index (χ2n) is 6.95. The number of aromatic nitrogens is 2. The molecule has 0 saturated heterocycles. The van der Waals surface area contributed by atoms with Crippen molar-refractivity contribution < 1.29 is 9.59 Å². The highest BCUT2D eigenvalue weighted by Gasteiger charge is 2.39. The quantitative estimate of drug-likeness (QED) is 0.254. The van der Waals surface area contributed by atoms with E-state index >= 15 is 0 Å². The van der Waals surface area contributed by atoms with Gasteiger partial charge in [-0.05, 0) is 12.1 Å². The first-order valence-corrected chi connectivity index (χ1v) is 8.66. The molecule has 1 aliphatic rings. The molecule has 0 spiro atoms. The van der Waals surface area contributed by atoms with Crippen molar-refractivity contribution in [2.45, 2.75) is 0 Å². The van der Waals surface area contributed by atoms with Gasteiger partial charge in [0.1, 0.15) is 0 Å². The number of hydrazine groups is 1. The first-order chi connectivity index (χ1) is 13.1. The summed E-state index contributed by atoms with van der Waals surface area (Å²) in [4.78, 5) is 29.3. The van der Waals surface area contributed by atoms with Gasteiger partial charge in [0.15, 0.2) is 0 Å². The summed E-state index contributed by atoms with van der Waals surface area (Å²) in [6, 6.07) is 15.7. The van der Waals surface area contributed by atoms with Crippen LogP contribution >= 0.6 is 0 Å². The number of carbonyl (C=O) groups is 2. The maximum absolute atomic E-state index is 12.9. The molecule has 1 aliphatic heterocycles. The van der Waals surface area contributed by atoms with Crippen molar-refractivity contribution in [3.8, 4) is 0 Å². The zero-order chi connectivity index (χ0) is 18.4. The number of amides is 2. The largest absolute Gasteiger partial charge is 0.353 e. The van der Waals surface area contributed by atoms with Crippen molar-refractivity contribution in [2.75, 3.05) is 0 Å². The predicted molar refractivity (Wildman–Crippen MR) is 104 cm³/mol. The first kappa shape index (κ1) is 14.5. The normalized spacial score (nSPS) is 14.4. The molecule has 0 bridgehead atoms. The van der Waals surface area contributed by atoms with Crippen LogP contribution in [0.15, 0.2) is 48.5 Å². The summed E-state index contributed by atoms with van der Waals surface area (Å²) in [6.45, 7) is 0. The number of carbonyl (C=O) groups excluding carboxylic acids is 2.